The fourth-order valence-corrected chi connectivity index (χ4v) is 2.85. The quantitative estimate of drug-likeness (QED) is 0.903. The summed E-state index contributed by atoms with van der Waals surface area (Å²) in [6, 6.07) is 4.22. The third kappa shape index (κ3) is 3.74. The lowest BCUT2D eigenvalue weighted by Gasteiger charge is -2.37. The maximum atomic E-state index is 13.6. The fourth-order valence-electron chi connectivity index (χ4n) is 2.85. The molecule has 1 aromatic rings. The first kappa shape index (κ1) is 14.4. The highest BCUT2D eigenvalue weighted by atomic mass is 19.1. The Morgan fingerprint density at radius 1 is 1.37 bits per heavy atom. The van der Waals surface area contributed by atoms with Gasteiger partial charge in [-0.2, -0.15) is 0 Å². The largest absolute Gasteiger partial charge is 0.314 e. The Labute approximate surface area is 113 Å². The standard InChI is InChI=1S/C15H22F2N2/c1-3-18-15-6-7-19(9-11(15)2)10-12-8-13(16)4-5-14(12)17/h4-5,8,11,15,18H,3,6-7,9-10H2,1-2H3. The van der Waals surface area contributed by atoms with Gasteiger partial charge in [-0.3, -0.25) is 4.90 Å². The minimum atomic E-state index is -0.369. The van der Waals surface area contributed by atoms with Crippen LogP contribution in [0.4, 0.5) is 8.78 Å². The van der Waals surface area contributed by atoms with E-state index in [1.54, 1.807) is 0 Å². The molecule has 1 aromatic carbocycles. The Morgan fingerprint density at radius 2 is 2.16 bits per heavy atom. The molecule has 0 amide bonds. The van der Waals surface area contributed by atoms with Crippen LogP contribution in [0.15, 0.2) is 18.2 Å². The number of rotatable bonds is 4. The van der Waals surface area contributed by atoms with E-state index in [2.05, 4.69) is 24.1 Å². The Bertz CT molecular complexity index is 423. The SMILES string of the molecule is CCNC1CCN(Cc2cc(F)ccc2F)CC1C. The number of nitrogens with one attached hydrogen (secondary N) is 1. The van der Waals surface area contributed by atoms with Crippen molar-refractivity contribution >= 4 is 0 Å². The number of hydrogen-bond acceptors (Lipinski definition) is 2. The van der Waals surface area contributed by atoms with Crippen molar-refractivity contribution in [3.8, 4) is 0 Å². The Morgan fingerprint density at radius 3 is 2.84 bits per heavy atom. The summed E-state index contributed by atoms with van der Waals surface area (Å²) in [5.74, 6) is -0.153. The van der Waals surface area contributed by atoms with Crippen LogP contribution in [-0.4, -0.2) is 30.6 Å². The molecular formula is C15H22F2N2. The van der Waals surface area contributed by atoms with Crippen LogP contribution >= 0.6 is 0 Å². The average Bonchev–Trinajstić information content (AvgIpc) is 2.37. The van der Waals surface area contributed by atoms with Crippen LogP contribution in [0.2, 0.25) is 0 Å². The molecule has 4 heteroatoms. The summed E-state index contributed by atoms with van der Waals surface area (Å²) in [4.78, 5) is 2.20. The van der Waals surface area contributed by atoms with E-state index in [1.807, 2.05) is 0 Å². The molecule has 0 bridgehead atoms. The second-order valence-electron chi connectivity index (χ2n) is 5.40. The van der Waals surface area contributed by atoms with Crippen molar-refractivity contribution in [2.24, 2.45) is 5.92 Å². The smallest absolute Gasteiger partial charge is 0.127 e. The van der Waals surface area contributed by atoms with E-state index in [1.165, 1.54) is 18.2 Å². The van der Waals surface area contributed by atoms with Crippen molar-refractivity contribution < 1.29 is 8.78 Å². The minimum Gasteiger partial charge on any atom is -0.314 e. The normalized spacial score (nSPS) is 24.6. The maximum absolute atomic E-state index is 13.6. The predicted octanol–water partition coefficient (Wildman–Crippen LogP) is 2.78. The molecule has 2 nitrogen and oxygen atoms in total. The molecule has 0 spiro atoms. The van der Waals surface area contributed by atoms with Crippen molar-refractivity contribution in [3.05, 3.63) is 35.4 Å². The van der Waals surface area contributed by atoms with Gasteiger partial charge in [-0.15, -0.1) is 0 Å². The van der Waals surface area contributed by atoms with Gasteiger partial charge in [0.25, 0.3) is 0 Å². The van der Waals surface area contributed by atoms with Crippen molar-refractivity contribution in [1.82, 2.24) is 10.2 Å². The van der Waals surface area contributed by atoms with Crippen LogP contribution < -0.4 is 5.32 Å². The molecule has 0 radical (unpaired) electrons. The van der Waals surface area contributed by atoms with Crippen molar-refractivity contribution in [1.29, 1.82) is 0 Å². The minimum absolute atomic E-state index is 0.317. The number of benzene rings is 1. The van der Waals surface area contributed by atoms with Gasteiger partial charge in [0.05, 0.1) is 0 Å². The molecule has 0 aliphatic carbocycles. The molecule has 2 rings (SSSR count). The predicted molar refractivity (Wildman–Crippen MR) is 72.9 cm³/mol. The van der Waals surface area contributed by atoms with Crippen LogP contribution in [0, 0.1) is 17.6 Å². The first-order chi connectivity index (χ1) is 9.10. The molecule has 1 aliphatic rings. The molecule has 106 valence electrons. The number of halogens is 2. The zero-order chi connectivity index (χ0) is 13.8. The van der Waals surface area contributed by atoms with Gasteiger partial charge in [0.15, 0.2) is 0 Å². The summed E-state index contributed by atoms with van der Waals surface area (Å²) in [5, 5.41) is 3.48. The van der Waals surface area contributed by atoms with Gasteiger partial charge in [0.1, 0.15) is 11.6 Å². The van der Waals surface area contributed by atoms with Crippen molar-refractivity contribution in [3.63, 3.8) is 0 Å². The van der Waals surface area contributed by atoms with E-state index in [4.69, 9.17) is 0 Å². The Kier molecular flexibility index (Phi) is 4.88. The van der Waals surface area contributed by atoms with E-state index >= 15 is 0 Å². The van der Waals surface area contributed by atoms with E-state index in [9.17, 15) is 8.78 Å². The second-order valence-corrected chi connectivity index (χ2v) is 5.40. The molecule has 1 aliphatic heterocycles. The molecule has 19 heavy (non-hydrogen) atoms. The summed E-state index contributed by atoms with van der Waals surface area (Å²) in [5.41, 5.74) is 0.453. The molecular weight excluding hydrogens is 246 g/mol. The van der Waals surface area contributed by atoms with Gasteiger partial charge in [-0.1, -0.05) is 13.8 Å². The van der Waals surface area contributed by atoms with E-state index in [-0.39, 0.29) is 11.6 Å². The first-order valence-electron chi connectivity index (χ1n) is 6.99. The highest BCUT2D eigenvalue weighted by Crippen LogP contribution is 2.20. The third-order valence-corrected chi connectivity index (χ3v) is 3.86. The molecule has 2 unspecified atom stereocenters. The molecule has 0 saturated carbocycles. The van der Waals surface area contributed by atoms with Crippen molar-refractivity contribution in [2.45, 2.75) is 32.9 Å². The summed E-state index contributed by atoms with van der Waals surface area (Å²) >= 11 is 0. The lowest BCUT2D eigenvalue weighted by atomic mass is 9.93. The van der Waals surface area contributed by atoms with Gasteiger partial charge in [0.2, 0.25) is 0 Å². The molecule has 1 saturated heterocycles. The van der Waals surface area contributed by atoms with Crippen molar-refractivity contribution in [2.75, 3.05) is 19.6 Å². The van der Waals surface area contributed by atoms with Crippen LogP contribution in [0.3, 0.4) is 0 Å². The summed E-state index contributed by atoms with van der Waals surface area (Å²) in [7, 11) is 0. The lowest BCUT2D eigenvalue weighted by molar-refractivity contribution is 0.140. The van der Waals surface area contributed by atoms with E-state index < -0.39 is 0 Å². The van der Waals surface area contributed by atoms with Gasteiger partial charge in [-0.05, 0) is 43.6 Å². The number of likely N-dealkylation sites (tertiary alicyclic amines) is 1. The monoisotopic (exact) mass is 268 g/mol. The van der Waals surface area contributed by atoms with Gasteiger partial charge in [0, 0.05) is 24.7 Å². The Hall–Kier alpha value is -1.00. The highest BCUT2D eigenvalue weighted by Gasteiger charge is 2.25. The zero-order valence-electron chi connectivity index (χ0n) is 11.6. The van der Waals surface area contributed by atoms with Crippen LogP contribution in [0.1, 0.15) is 25.8 Å². The average molecular weight is 268 g/mol. The molecule has 2 atom stereocenters. The molecule has 1 heterocycles. The molecule has 1 N–H and O–H groups in total. The van der Waals surface area contributed by atoms with E-state index in [0.717, 1.165) is 26.1 Å². The molecule has 1 fully saturated rings. The van der Waals surface area contributed by atoms with Gasteiger partial charge in [-0.25, -0.2) is 8.78 Å². The zero-order valence-corrected chi connectivity index (χ0v) is 11.6. The topological polar surface area (TPSA) is 15.3 Å². The van der Waals surface area contributed by atoms with Gasteiger partial charge >= 0.3 is 0 Å². The number of hydrogen-bond donors (Lipinski definition) is 1. The summed E-state index contributed by atoms with van der Waals surface area (Å²) < 4.78 is 26.8. The van der Waals surface area contributed by atoms with Crippen LogP contribution in [0.5, 0.6) is 0 Å². The molecule has 0 aromatic heterocycles. The highest BCUT2D eigenvalue weighted by molar-refractivity contribution is 5.18. The first-order valence-corrected chi connectivity index (χ1v) is 6.99. The fraction of sp³-hybridized carbons (Fsp3) is 0.600. The number of piperidine rings is 1. The summed E-state index contributed by atoms with van der Waals surface area (Å²) in [6.45, 7) is 7.65. The lowest BCUT2D eigenvalue weighted by Crippen LogP contribution is -2.47. The summed E-state index contributed by atoms with van der Waals surface area (Å²) in [6.07, 6.45) is 1.06. The van der Waals surface area contributed by atoms with Gasteiger partial charge < -0.3 is 5.32 Å². The maximum Gasteiger partial charge on any atom is 0.127 e. The third-order valence-electron chi connectivity index (χ3n) is 3.86. The number of nitrogens with zero attached hydrogens (tertiary/aromatic N) is 1. The van der Waals surface area contributed by atoms with E-state index in [0.29, 0.717) is 24.1 Å². The Balaban J connectivity index is 1.96. The second kappa shape index (κ2) is 6.44. The van der Waals surface area contributed by atoms with Crippen LogP contribution in [-0.2, 0) is 6.54 Å². The van der Waals surface area contributed by atoms with Crippen LogP contribution in [0.25, 0.3) is 0 Å².